The second-order valence-electron chi connectivity index (χ2n) is 0.888. The summed E-state index contributed by atoms with van der Waals surface area (Å²) in [6.45, 7) is 2.67. The van der Waals surface area contributed by atoms with Crippen molar-refractivity contribution in [1.29, 1.82) is 0 Å². The summed E-state index contributed by atoms with van der Waals surface area (Å²) in [6, 6.07) is 0. The Balaban J connectivity index is -0.0000000251. The van der Waals surface area contributed by atoms with Crippen LogP contribution < -0.4 is 0 Å². The summed E-state index contributed by atoms with van der Waals surface area (Å²) < 4.78 is 0. The van der Waals surface area contributed by atoms with Gasteiger partial charge in [-0.15, -0.1) is 10.1 Å². The van der Waals surface area contributed by atoms with Crippen molar-refractivity contribution in [3.63, 3.8) is 0 Å². The Morgan fingerprint density at radius 3 is 1.00 bits per heavy atom. The molecule has 0 unspecified atom stereocenters. The zero-order chi connectivity index (χ0) is 11.1. The number of hydrogen-bond donors (Lipinski definition) is 1. The smallest absolute Gasteiger partial charge is 0.870 e. The molecule has 2 saturated heterocycles. The van der Waals surface area contributed by atoms with Crippen LogP contribution in [0.3, 0.4) is 0 Å². The van der Waals surface area contributed by atoms with E-state index in [2.05, 4.69) is 29.6 Å². The molecule has 0 aliphatic carbocycles. The normalized spacial score (nSPS) is 11.8. The molecule has 2 heterocycles. The van der Waals surface area contributed by atoms with Gasteiger partial charge < -0.3 is 40.4 Å². The van der Waals surface area contributed by atoms with E-state index in [9.17, 15) is 0 Å². The summed E-state index contributed by atoms with van der Waals surface area (Å²) in [4.78, 5) is 40.0. The molecule has 5 N–H and O–H groups in total. The largest absolute Gasteiger partial charge is 2.00 e. The van der Waals surface area contributed by atoms with Gasteiger partial charge in [0.05, 0.1) is 0 Å². The molecule has 12 nitrogen and oxygen atoms in total. The van der Waals surface area contributed by atoms with E-state index in [1.165, 1.54) is 0 Å². The quantitative estimate of drug-likeness (QED) is 0.209. The fraction of sp³-hybridized carbons (Fsp3) is 0. The summed E-state index contributed by atoms with van der Waals surface area (Å²) in [5.41, 5.74) is 0. The molecule has 2 rings (SSSR count). The van der Waals surface area contributed by atoms with Gasteiger partial charge >= 0.3 is 81.6 Å². The predicted molar refractivity (Wildman–Crippen MR) is 46.8 cm³/mol. The Labute approximate surface area is 160 Å². The molecule has 0 atom stereocenters. The van der Waals surface area contributed by atoms with E-state index < -0.39 is 0 Å². The molecule has 0 aromatic rings. The van der Waals surface area contributed by atoms with Gasteiger partial charge in [0.2, 0.25) is 0 Å². The fourth-order valence-corrected chi connectivity index (χ4v) is 0.0786. The number of carbonyl (C=O) groups excluding carboxylic acids is 2. The average Bonchev–Trinajstić information content (AvgIpc) is 1.79. The van der Waals surface area contributed by atoms with Crippen LogP contribution in [-0.2, 0) is 49.5 Å². The van der Waals surface area contributed by atoms with E-state index in [1.54, 1.807) is 0 Å². The molecular weight excluding hydrogens is 320 g/mol. The standard InChI is InChI=1S/2CHO3.CHO2.CO2.2Ca.2H2O/c2*1-2-4-3-1;2*2-1-3;;;;/h2*1H;(H,2,3);;;;2*1H2/q3*-1;;2*+2;;. The fourth-order valence-electron chi connectivity index (χ4n) is 0.0786. The second-order valence-corrected chi connectivity index (χ2v) is 0.888. The van der Waals surface area contributed by atoms with Crippen molar-refractivity contribution >= 4 is 88.1 Å². The topological polar surface area (TPSA) is 190 Å². The van der Waals surface area contributed by atoms with Crippen molar-refractivity contribution in [1.82, 2.24) is 0 Å². The molecule has 0 amide bonds. The van der Waals surface area contributed by atoms with Gasteiger partial charge in [-0.3, -0.25) is 0 Å². The first-order valence-corrected chi connectivity index (χ1v) is 2.45. The molecule has 0 radical (unpaired) electrons. The van der Waals surface area contributed by atoms with Crippen LogP contribution in [0.15, 0.2) is 0 Å². The molecule has 0 spiro atoms. The predicted octanol–water partition coefficient (Wildman–Crippen LogP) is -2.83. The van der Waals surface area contributed by atoms with Gasteiger partial charge in [0, 0.05) is 0 Å². The van der Waals surface area contributed by atoms with Gasteiger partial charge in [-0.05, 0) is 13.6 Å². The molecule has 18 heavy (non-hydrogen) atoms. The summed E-state index contributed by atoms with van der Waals surface area (Å²) >= 11 is 0. The van der Waals surface area contributed by atoms with E-state index in [4.69, 9.17) is 19.5 Å². The minimum atomic E-state index is 0. The van der Waals surface area contributed by atoms with E-state index >= 15 is 0 Å². The van der Waals surface area contributed by atoms with Crippen LogP contribution in [0.2, 0.25) is 0 Å². The summed E-state index contributed by atoms with van der Waals surface area (Å²) in [5, 5.41) is 14.1. The number of aliphatic hydroxyl groups excluding tert-OH is 1. The molecule has 98 valence electrons. The molecule has 0 aromatic carbocycles. The van der Waals surface area contributed by atoms with Crippen LogP contribution >= 0.6 is 0 Å². The monoisotopic (exact) mass is 327 g/mol. The maximum atomic E-state index is 8.24. The van der Waals surface area contributed by atoms with Crippen LogP contribution in [-0.4, -0.2) is 98.7 Å². The van der Waals surface area contributed by atoms with Crippen molar-refractivity contribution in [3.05, 3.63) is 13.6 Å². The molecule has 2 aliphatic heterocycles. The molecule has 0 aromatic heterocycles. The Morgan fingerprint density at radius 2 is 1.00 bits per heavy atom. The molecular formula is C4H7Ca2O12+. The van der Waals surface area contributed by atoms with Crippen LogP contribution in [0, 0.1) is 13.6 Å². The Bertz CT molecular complexity index is 125. The van der Waals surface area contributed by atoms with Gasteiger partial charge in [-0.1, -0.05) is 6.47 Å². The number of hydrogen-bond acceptors (Lipinski definition) is 10. The number of rotatable bonds is 0. The van der Waals surface area contributed by atoms with E-state index in [0.717, 1.165) is 13.6 Å². The Morgan fingerprint density at radius 1 is 0.944 bits per heavy atom. The molecule has 2 fully saturated rings. The summed E-state index contributed by atoms with van der Waals surface area (Å²) in [6.07, 6.45) is 0.250. The zero-order valence-corrected chi connectivity index (χ0v) is 13.1. The van der Waals surface area contributed by atoms with E-state index in [0.29, 0.717) is 6.47 Å². The van der Waals surface area contributed by atoms with Crippen molar-refractivity contribution in [2.45, 2.75) is 0 Å². The third-order valence-electron chi connectivity index (χ3n) is 0.314. The maximum Gasteiger partial charge on any atom is 2.00 e. The van der Waals surface area contributed by atoms with Crippen LogP contribution in [0.4, 0.5) is 0 Å². The average molecular weight is 327 g/mol. The van der Waals surface area contributed by atoms with Crippen molar-refractivity contribution in [3.8, 4) is 0 Å². The summed E-state index contributed by atoms with van der Waals surface area (Å²) in [5.74, 6) is 0. The van der Waals surface area contributed by atoms with Crippen molar-refractivity contribution in [2.24, 2.45) is 0 Å². The Kier molecular flexibility index (Phi) is 87.0. The van der Waals surface area contributed by atoms with Crippen LogP contribution in [0.1, 0.15) is 0 Å². The molecule has 2 aliphatic rings. The maximum absolute atomic E-state index is 8.24. The molecule has 14 heteroatoms. The third-order valence-corrected chi connectivity index (χ3v) is 0.314. The first kappa shape index (κ1) is 36.4. The third kappa shape index (κ3) is 53.6. The Hall–Kier alpha value is 1.05. The van der Waals surface area contributed by atoms with Crippen molar-refractivity contribution < 1.29 is 60.1 Å². The zero-order valence-electron chi connectivity index (χ0n) is 8.71. The molecule has 0 saturated carbocycles. The van der Waals surface area contributed by atoms with Gasteiger partial charge in [0.1, 0.15) is 0 Å². The van der Waals surface area contributed by atoms with Crippen molar-refractivity contribution in [2.75, 3.05) is 0 Å². The SMILES string of the molecule is O=C=O.O=[C-]O.[CH-]1OOO1.[CH-]1OOO1.[Ca+2].[Ca+2].[OH-].[OH3+]. The minimum Gasteiger partial charge on any atom is -0.870 e. The first-order valence-electron chi connectivity index (χ1n) is 2.45. The second kappa shape index (κ2) is 43.0. The summed E-state index contributed by atoms with van der Waals surface area (Å²) in [7, 11) is 0. The van der Waals surface area contributed by atoms with E-state index in [-0.39, 0.29) is 92.6 Å². The van der Waals surface area contributed by atoms with Gasteiger partial charge in [0.25, 0.3) is 0 Å². The van der Waals surface area contributed by atoms with Gasteiger partial charge in [0.15, 0.2) is 0 Å². The van der Waals surface area contributed by atoms with Crippen LogP contribution in [0.5, 0.6) is 0 Å². The van der Waals surface area contributed by atoms with Crippen LogP contribution in [0.25, 0.3) is 0 Å². The van der Waals surface area contributed by atoms with E-state index in [1.807, 2.05) is 0 Å². The first-order chi connectivity index (χ1) is 6.83. The minimum absolute atomic E-state index is 0. The van der Waals surface area contributed by atoms with Gasteiger partial charge in [-0.25, -0.2) is 0 Å². The molecule has 0 bridgehead atoms. The van der Waals surface area contributed by atoms with Gasteiger partial charge in [-0.2, -0.15) is 9.59 Å².